The average molecular weight is 194 g/mol. The molecule has 0 atom stereocenters. The van der Waals surface area contributed by atoms with Crippen LogP contribution in [0.4, 0.5) is 8.78 Å². The summed E-state index contributed by atoms with van der Waals surface area (Å²) in [5, 5.41) is 0.160. The minimum atomic E-state index is -2.48. The maximum Gasteiger partial charge on any atom is 0.248 e. The smallest absolute Gasteiger partial charge is 0.248 e. The highest BCUT2D eigenvalue weighted by Crippen LogP contribution is 2.37. The van der Waals surface area contributed by atoms with Gasteiger partial charge < -0.3 is 0 Å². The first-order valence-electron chi connectivity index (χ1n) is 4.05. The van der Waals surface area contributed by atoms with E-state index in [1.165, 1.54) is 18.7 Å². The van der Waals surface area contributed by atoms with E-state index in [0.29, 0.717) is 12.8 Å². The van der Waals surface area contributed by atoms with Crippen molar-refractivity contribution >= 4 is 16.9 Å². The molecule has 1 saturated carbocycles. The number of carbonyl (C=O) groups excluding carboxylic acids is 1. The molecule has 0 amide bonds. The number of carbonyl (C=O) groups is 1. The molecule has 1 rings (SSSR count). The monoisotopic (exact) mass is 194 g/mol. The second-order valence-electron chi connectivity index (χ2n) is 3.16. The summed E-state index contributed by atoms with van der Waals surface area (Å²) in [4.78, 5) is 10.6. The molecule has 0 spiro atoms. The van der Waals surface area contributed by atoms with Gasteiger partial charge in [0.15, 0.2) is 5.12 Å². The summed E-state index contributed by atoms with van der Waals surface area (Å²) in [6.07, 6.45) is 0.824. The molecule has 0 aromatic rings. The second kappa shape index (κ2) is 3.73. The Kier molecular flexibility index (Phi) is 3.09. The van der Waals surface area contributed by atoms with E-state index >= 15 is 0 Å². The largest absolute Gasteiger partial charge is 0.288 e. The Labute approximate surface area is 74.9 Å². The van der Waals surface area contributed by atoms with E-state index in [0.717, 1.165) is 0 Å². The maximum absolute atomic E-state index is 12.6. The molecule has 1 aliphatic carbocycles. The zero-order chi connectivity index (χ0) is 9.19. The molecular formula is C8H12F2OS. The summed E-state index contributed by atoms with van der Waals surface area (Å²) in [5.41, 5.74) is 0. The first kappa shape index (κ1) is 9.96. The Hall–Kier alpha value is -0.120. The number of rotatable bonds is 1. The Bertz CT molecular complexity index is 172. The molecule has 1 nitrogen and oxygen atoms in total. The maximum atomic E-state index is 12.6. The number of hydrogen-bond acceptors (Lipinski definition) is 2. The molecule has 1 aliphatic rings. The van der Waals surface area contributed by atoms with E-state index in [1.54, 1.807) is 0 Å². The fourth-order valence-electron chi connectivity index (χ4n) is 1.37. The SMILES string of the molecule is CC(=O)SC1CCC(F)(F)CC1. The van der Waals surface area contributed by atoms with Crippen LogP contribution in [0, 0.1) is 0 Å². The summed E-state index contributed by atoms with van der Waals surface area (Å²) in [7, 11) is 0. The summed E-state index contributed by atoms with van der Waals surface area (Å²) in [6.45, 7) is 1.48. The van der Waals surface area contributed by atoms with Crippen LogP contribution in [-0.2, 0) is 4.79 Å². The normalized spacial score (nSPS) is 23.9. The van der Waals surface area contributed by atoms with Crippen molar-refractivity contribution in [2.75, 3.05) is 0 Å². The van der Waals surface area contributed by atoms with Crippen LogP contribution in [-0.4, -0.2) is 16.3 Å². The molecule has 12 heavy (non-hydrogen) atoms. The molecular weight excluding hydrogens is 182 g/mol. The molecule has 0 aromatic heterocycles. The molecule has 0 aliphatic heterocycles. The average Bonchev–Trinajstić information content (AvgIpc) is 1.93. The van der Waals surface area contributed by atoms with Gasteiger partial charge in [0.2, 0.25) is 5.92 Å². The van der Waals surface area contributed by atoms with Gasteiger partial charge in [0, 0.05) is 25.0 Å². The van der Waals surface area contributed by atoms with Crippen molar-refractivity contribution in [3.63, 3.8) is 0 Å². The van der Waals surface area contributed by atoms with Crippen LogP contribution >= 0.6 is 11.8 Å². The topological polar surface area (TPSA) is 17.1 Å². The molecule has 0 aromatic carbocycles. The van der Waals surface area contributed by atoms with E-state index in [2.05, 4.69) is 0 Å². The van der Waals surface area contributed by atoms with Crippen molar-refractivity contribution in [2.45, 2.75) is 43.8 Å². The van der Waals surface area contributed by atoms with Crippen LogP contribution in [0.2, 0.25) is 0 Å². The molecule has 4 heteroatoms. The number of halogens is 2. The van der Waals surface area contributed by atoms with E-state index in [4.69, 9.17) is 0 Å². The molecule has 1 fully saturated rings. The van der Waals surface area contributed by atoms with Gasteiger partial charge in [-0.1, -0.05) is 11.8 Å². The Morgan fingerprint density at radius 2 is 1.92 bits per heavy atom. The second-order valence-corrected chi connectivity index (χ2v) is 4.64. The van der Waals surface area contributed by atoms with Crippen molar-refractivity contribution < 1.29 is 13.6 Å². The number of alkyl halides is 2. The zero-order valence-electron chi connectivity index (χ0n) is 6.98. The van der Waals surface area contributed by atoms with Crippen molar-refractivity contribution in [1.29, 1.82) is 0 Å². The lowest BCUT2D eigenvalue weighted by Crippen LogP contribution is -2.26. The third-order valence-electron chi connectivity index (χ3n) is 2.00. The van der Waals surface area contributed by atoms with Crippen LogP contribution in [0.3, 0.4) is 0 Å². The van der Waals surface area contributed by atoms with Crippen molar-refractivity contribution in [1.82, 2.24) is 0 Å². The quantitative estimate of drug-likeness (QED) is 0.638. The molecule has 0 saturated heterocycles. The highest BCUT2D eigenvalue weighted by atomic mass is 32.2. The molecule has 0 unspecified atom stereocenters. The van der Waals surface area contributed by atoms with Crippen LogP contribution in [0.15, 0.2) is 0 Å². The summed E-state index contributed by atoms with van der Waals surface area (Å²) in [6, 6.07) is 0. The Balaban J connectivity index is 2.31. The minimum Gasteiger partial charge on any atom is -0.288 e. The highest BCUT2D eigenvalue weighted by Gasteiger charge is 2.35. The van der Waals surface area contributed by atoms with Crippen LogP contribution in [0.1, 0.15) is 32.6 Å². The van der Waals surface area contributed by atoms with Gasteiger partial charge in [-0.15, -0.1) is 0 Å². The summed E-state index contributed by atoms with van der Waals surface area (Å²) in [5.74, 6) is -2.48. The van der Waals surface area contributed by atoms with Crippen molar-refractivity contribution in [3.8, 4) is 0 Å². The number of thioether (sulfide) groups is 1. The predicted octanol–water partition coefficient (Wildman–Crippen LogP) is 2.84. The molecule has 70 valence electrons. The minimum absolute atomic E-state index is 0.0326. The van der Waals surface area contributed by atoms with Gasteiger partial charge in [0.25, 0.3) is 0 Å². The van der Waals surface area contributed by atoms with Gasteiger partial charge in [-0.25, -0.2) is 8.78 Å². The van der Waals surface area contributed by atoms with Crippen LogP contribution in [0.5, 0.6) is 0 Å². The third-order valence-corrected chi connectivity index (χ3v) is 3.13. The molecule has 0 N–H and O–H groups in total. The first-order valence-corrected chi connectivity index (χ1v) is 4.93. The summed E-state index contributed by atoms with van der Waals surface area (Å²) < 4.78 is 25.2. The third kappa shape index (κ3) is 3.09. The van der Waals surface area contributed by atoms with E-state index in [-0.39, 0.29) is 23.2 Å². The van der Waals surface area contributed by atoms with Gasteiger partial charge >= 0.3 is 0 Å². The highest BCUT2D eigenvalue weighted by molar-refractivity contribution is 8.14. The van der Waals surface area contributed by atoms with E-state index in [1.807, 2.05) is 0 Å². The van der Waals surface area contributed by atoms with Crippen LogP contribution < -0.4 is 0 Å². The van der Waals surface area contributed by atoms with Crippen molar-refractivity contribution in [2.24, 2.45) is 0 Å². The van der Waals surface area contributed by atoms with Gasteiger partial charge in [-0.2, -0.15) is 0 Å². The fraction of sp³-hybridized carbons (Fsp3) is 0.875. The Morgan fingerprint density at radius 3 is 2.33 bits per heavy atom. The molecule has 0 radical (unpaired) electrons. The lowest BCUT2D eigenvalue weighted by molar-refractivity contribution is -0.109. The van der Waals surface area contributed by atoms with Gasteiger partial charge in [-0.05, 0) is 12.8 Å². The zero-order valence-corrected chi connectivity index (χ0v) is 7.79. The lowest BCUT2D eigenvalue weighted by Gasteiger charge is -2.26. The van der Waals surface area contributed by atoms with Crippen LogP contribution in [0.25, 0.3) is 0 Å². The standard InChI is InChI=1S/C8H12F2OS/c1-6(11)12-7-2-4-8(9,10)5-3-7/h7H,2-5H2,1H3. The first-order chi connectivity index (χ1) is 5.49. The predicted molar refractivity (Wildman–Crippen MR) is 45.5 cm³/mol. The van der Waals surface area contributed by atoms with Gasteiger partial charge in [0.1, 0.15) is 0 Å². The van der Waals surface area contributed by atoms with E-state index < -0.39 is 5.92 Å². The van der Waals surface area contributed by atoms with Crippen molar-refractivity contribution in [3.05, 3.63) is 0 Å². The van der Waals surface area contributed by atoms with Gasteiger partial charge in [0.05, 0.1) is 0 Å². The number of hydrogen-bond donors (Lipinski definition) is 0. The fourth-order valence-corrected chi connectivity index (χ4v) is 2.31. The van der Waals surface area contributed by atoms with E-state index in [9.17, 15) is 13.6 Å². The summed E-state index contributed by atoms with van der Waals surface area (Å²) >= 11 is 1.20. The molecule has 0 bridgehead atoms. The van der Waals surface area contributed by atoms with Gasteiger partial charge in [-0.3, -0.25) is 4.79 Å². The Morgan fingerprint density at radius 1 is 1.42 bits per heavy atom. The lowest BCUT2D eigenvalue weighted by atomic mass is 9.96. The molecule has 0 heterocycles.